The third kappa shape index (κ3) is 3.07. The number of esters is 1. The van der Waals surface area contributed by atoms with E-state index in [1.807, 2.05) is 32.9 Å². The molecule has 1 aromatic heterocycles. The van der Waals surface area contributed by atoms with Gasteiger partial charge in [-0.25, -0.2) is 8.78 Å². The van der Waals surface area contributed by atoms with Crippen LogP contribution in [-0.2, 0) is 9.53 Å². The van der Waals surface area contributed by atoms with Gasteiger partial charge in [0.1, 0.15) is 17.7 Å². The van der Waals surface area contributed by atoms with E-state index < -0.39 is 29.2 Å². The Bertz CT molecular complexity index is 1100. The third-order valence-electron chi connectivity index (χ3n) is 5.74. The number of benzene rings is 2. The predicted molar refractivity (Wildman–Crippen MR) is 110 cm³/mol. The zero-order valence-corrected chi connectivity index (χ0v) is 16.9. The first-order valence-corrected chi connectivity index (χ1v) is 9.80. The molecule has 0 radical (unpaired) electrons. The smallest absolute Gasteiger partial charge is 0.305 e. The van der Waals surface area contributed by atoms with Gasteiger partial charge < -0.3 is 15.0 Å². The van der Waals surface area contributed by atoms with E-state index in [1.165, 1.54) is 6.07 Å². The summed E-state index contributed by atoms with van der Waals surface area (Å²) in [5, 5.41) is 4.05. The average molecular weight is 398 g/mol. The molecule has 0 amide bonds. The Morgan fingerprint density at radius 1 is 1.24 bits per heavy atom. The Labute approximate surface area is 168 Å². The molecular weight excluding hydrogens is 374 g/mol. The molecule has 0 spiro atoms. The molecule has 0 aliphatic carbocycles. The molecule has 6 heteroatoms. The first-order valence-electron chi connectivity index (χ1n) is 9.80. The number of halogens is 2. The summed E-state index contributed by atoms with van der Waals surface area (Å²) >= 11 is 0. The van der Waals surface area contributed by atoms with Crippen molar-refractivity contribution in [1.82, 2.24) is 4.98 Å². The molecule has 3 aromatic rings. The van der Waals surface area contributed by atoms with E-state index in [1.54, 1.807) is 25.3 Å². The number of ether oxygens (including phenoxy) is 1. The highest BCUT2D eigenvalue weighted by Gasteiger charge is 2.44. The minimum absolute atomic E-state index is 0.0780. The highest BCUT2D eigenvalue weighted by molar-refractivity contribution is 5.95. The predicted octanol–water partition coefficient (Wildman–Crippen LogP) is 5.74. The lowest BCUT2D eigenvalue weighted by molar-refractivity contribution is -0.152. The quantitative estimate of drug-likeness (QED) is 0.553. The van der Waals surface area contributed by atoms with Crippen LogP contribution in [0.3, 0.4) is 0 Å². The number of carbonyl (C=O) groups excluding carboxylic acids is 1. The second-order valence-electron chi connectivity index (χ2n) is 8.16. The van der Waals surface area contributed by atoms with Crippen LogP contribution < -0.4 is 5.32 Å². The number of carbonyl (C=O) groups is 1. The van der Waals surface area contributed by atoms with Gasteiger partial charge in [-0.3, -0.25) is 4.79 Å². The highest BCUT2D eigenvalue weighted by Crippen LogP contribution is 2.46. The molecular formula is C23H24F2N2O2. The number of para-hydroxylation sites is 1. The molecule has 0 saturated heterocycles. The van der Waals surface area contributed by atoms with Crippen molar-refractivity contribution in [3.8, 4) is 11.1 Å². The summed E-state index contributed by atoms with van der Waals surface area (Å²) < 4.78 is 36.6. The maximum atomic E-state index is 15.8. The van der Waals surface area contributed by atoms with E-state index in [-0.39, 0.29) is 18.0 Å². The minimum Gasteiger partial charge on any atom is -0.459 e. The van der Waals surface area contributed by atoms with Crippen LogP contribution in [0.25, 0.3) is 22.0 Å². The maximum Gasteiger partial charge on any atom is 0.305 e. The van der Waals surface area contributed by atoms with Crippen molar-refractivity contribution in [3.05, 3.63) is 53.7 Å². The molecule has 152 valence electrons. The Hall–Kier alpha value is -2.89. The van der Waals surface area contributed by atoms with Crippen molar-refractivity contribution < 1.29 is 18.3 Å². The number of hydrogen-bond acceptors (Lipinski definition) is 3. The minimum atomic E-state index is -0.670. The van der Waals surface area contributed by atoms with Crippen LogP contribution in [0.5, 0.6) is 0 Å². The molecule has 2 aromatic carbocycles. The maximum absolute atomic E-state index is 15.8. The molecule has 2 heterocycles. The lowest BCUT2D eigenvalue weighted by atomic mass is 9.77. The summed E-state index contributed by atoms with van der Waals surface area (Å²) in [6.07, 6.45) is 1.39. The number of aromatic nitrogens is 1. The Morgan fingerprint density at radius 3 is 2.72 bits per heavy atom. The molecule has 0 unspecified atom stereocenters. The van der Waals surface area contributed by atoms with E-state index in [4.69, 9.17) is 4.74 Å². The number of hydrogen-bond donors (Lipinski definition) is 2. The zero-order valence-electron chi connectivity index (χ0n) is 16.9. The summed E-state index contributed by atoms with van der Waals surface area (Å²) in [7, 11) is 0. The molecule has 0 bridgehead atoms. The van der Waals surface area contributed by atoms with Gasteiger partial charge in [-0.1, -0.05) is 32.0 Å². The monoisotopic (exact) mass is 398 g/mol. The number of fused-ring (bicyclic) bond motifs is 2. The van der Waals surface area contributed by atoms with Crippen molar-refractivity contribution in [1.29, 1.82) is 0 Å². The van der Waals surface area contributed by atoms with Gasteiger partial charge in [0.2, 0.25) is 0 Å². The fourth-order valence-corrected chi connectivity index (χ4v) is 4.39. The van der Waals surface area contributed by atoms with Crippen molar-refractivity contribution in [2.24, 2.45) is 0 Å². The van der Waals surface area contributed by atoms with Gasteiger partial charge >= 0.3 is 5.97 Å². The van der Waals surface area contributed by atoms with Gasteiger partial charge in [-0.05, 0) is 31.4 Å². The summed E-state index contributed by atoms with van der Waals surface area (Å²) in [5.74, 6) is -2.06. The second kappa shape index (κ2) is 6.87. The van der Waals surface area contributed by atoms with Crippen LogP contribution in [0.2, 0.25) is 0 Å². The van der Waals surface area contributed by atoms with Gasteiger partial charge in [-0.2, -0.15) is 0 Å². The molecule has 1 aliphatic rings. The van der Waals surface area contributed by atoms with Crippen molar-refractivity contribution in [2.75, 3.05) is 5.32 Å². The summed E-state index contributed by atoms with van der Waals surface area (Å²) in [6.45, 7) is 7.26. The number of rotatable bonds is 3. The van der Waals surface area contributed by atoms with Gasteiger partial charge in [0.15, 0.2) is 0 Å². The first-order chi connectivity index (χ1) is 13.7. The normalized spacial score (nSPS) is 20.2. The van der Waals surface area contributed by atoms with Crippen LogP contribution >= 0.6 is 0 Å². The topological polar surface area (TPSA) is 54.1 Å². The van der Waals surface area contributed by atoms with Gasteiger partial charge in [-0.15, -0.1) is 0 Å². The van der Waals surface area contributed by atoms with Crippen LogP contribution in [-0.4, -0.2) is 22.6 Å². The van der Waals surface area contributed by atoms with E-state index in [0.29, 0.717) is 22.3 Å². The second-order valence-corrected chi connectivity index (χ2v) is 8.16. The highest BCUT2D eigenvalue weighted by atomic mass is 19.1. The fourth-order valence-electron chi connectivity index (χ4n) is 4.39. The standard InChI is InChI=1S/C23H24F2N2O2/c1-5-17(28)29-22-12(2)18-16(27-23(22,3)4)11-15(24)19(20(18)25)14-8-6-7-13-9-10-26-21(13)14/h6-12,22,26-27H,5H2,1-4H3/t12-,22+/m0/s1. The molecule has 0 saturated carbocycles. The number of H-pyrrole nitrogens is 1. The molecule has 4 rings (SSSR count). The van der Waals surface area contributed by atoms with Gasteiger partial charge in [0.05, 0.1) is 16.6 Å². The molecule has 0 fully saturated rings. The average Bonchev–Trinajstić information content (AvgIpc) is 3.13. The van der Waals surface area contributed by atoms with Gasteiger partial charge in [0.25, 0.3) is 0 Å². The number of anilines is 1. The number of nitrogens with one attached hydrogen (secondary N) is 2. The van der Waals surface area contributed by atoms with Crippen LogP contribution in [0.1, 0.15) is 45.6 Å². The molecule has 29 heavy (non-hydrogen) atoms. The van der Waals surface area contributed by atoms with Crippen LogP contribution in [0, 0.1) is 11.6 Å². The van der Waals surface area contributed by atoms with E-state index >= 15 is 8.78 Å². The summed E-state index contributed by atoms with van der Waals surface area (Å²) in [6, 6.07) is 8.56. The van der Waals surface area contributed by atoms with Crippen molar-refractivity contribution in [2.45, 2.75) is 51.7 Å². The lowest BCUT2D eigenvalue weighted by Crippen LogP contribution is -2.52. The van der Waals surface area contributed by atoms with E-state index in [9.17, 15) is 4.79 Å². The largest absolute Gasteiger partial charge is 0.459 e. The summed E-state index contributed by atoms with van der Waals surface area (Å²) in [4.78, 5) is 15.0. The Morgan fingerprint density at radius 2 is 2.00 bits per heavy atom. The van der Waals surface area contributed by atoms with Crippen molar-refractivity contribution in [3.63, 3.8) is 0 Å². The lowest BCUT2D eigenvalue weighted by Gasteiger charge is -2.44. The van der Waals surface area contributed by atoms with Gasteiger partial charge in [0, 0.05) is 35.3 Å². The Balaban J connectivity index is 1.90. The van der Waals surface area contributed by atoms with Crippen LogP contribution in [0.15, 0.2) is 36.5 Å². The Kier molecular flexibility index (Phi) is 4.60. The molecule has 2 N–H and O–H groups in total. The molecule has 4 nitrogen and oxygen atoms in total. The number of aromatic amines is 1. The molecule has 1 aliphatic heterocycles. The molecule has 2 atom stereocenters. The zero-order chi connectivity index (χ0) is 20.9. The SMILES string of the molecule is CCC(=O)O[C@@H]1[C@@H](C)c2c(cc(F)c(-c3cccc4cc[nH]c34)c2F)NC1(C)C. The van der Waals surface area contributed by atoms with Crippen molar-refractivity contribution >= 4 is 22.6 Å². The van der Waals surface area contributed by atoms with Crippen LogP contribution in [0.4, 0.5) is 14.5 Å². The summed E-state index contributed by atoms with van der Waals surface area (Å²) in [5.41, 5.74) is 1.12. The first kappa shape index (κ1) is 19.4. The van der Waals surface area contributed by atoms with E-state index in [0.717, 1.165) is 5.39 Å². The third-order valence-corrected chi connectivity index (χ3v) is 5.74. The fraction of sp³-hybridized carbons (Fsp3) is 0.348. The van der Waals surface area contributed by atoms with E-state index in [2.05, 4.69) is 10.3 Å².